The van der Waals surface area contributed by atoms with E-state index in [1.165, 1.54) is 19.3 Å². The second-order valence-electron chi connectivity index (χ2n) is 8.57. The number of likely N-dealkylation sites (N-methyl/N-ethyl adjacent to an activating group) is 1. The topological polar surface area (TPSA) is 52.6 Å². The van der Waals surface area contributed by atoms with E-state index in [2.05, 4.69) is 17.3 Å². The largest absolute Gasteiger partial charge is 0.341 e. The molecule has 1 aliphatic heterocycles. The van der Waals surface area contributed by atoms with E-state index in [1.54, 1.807) is 0 Å². The fourth-order valence-electron chi connectivity index (χ4n) is 4.92. The minimum atomic E-state index is -0.597. The van der Waals surface area contributed by atoms with Gasteiger partial charge in [0, 0.05) is 32.1 Å². The van der Waals surface area contributed by atoms with Crippen molar-refractivity contribution in [1.82, 2.24) is 15.1 Å². The highest BCUT2D eigenvalue weighted by molar-refractivity contribution is 5.93. The third-order valence-corrected chi connectivity index (χ3v) is 6.95. The molecular formula is C19H31N3O2. The Bertz CT molecular complexity index is 503. The Morgan fingerprint density at radius 2 is 1.67 bits per heavy atom. The Morgan fingerprint density at radius 3 is 2.25 bits per heavy atom. The highest BCUT2D eigenvalue weighted by Crippen LogP contribution is 2.52. The number of hydrogen-bond acceptors (Lipinski definition) is 3. The maximum Gasteiger partial charge on any atom is 0.248 e. The van der Waals surface area contributed by atoms with Crippen molar-refractivity contribution >= 4 is 11.8 Å². The van der Waals surface area contributed by atoms with Gasteiger partial charge in [-0.05, 0) is 38.1 Å². The molecule has 4 fully saturated rings. The van der Waals surface area contributed by atoms with E-state index in [-0.39, 0.29) is 17.7 Å². The highest BCUT2D eigenvalue weighted by Gasteiger charge is 2.52. The molecule has 0 aromatic rings. The van der Waals surface area contributed by atoms with E-state index < -0.39 is 5.54 Å². The predicted molar refractivity (Wildman–Crippen MR) is 92.4 cm³/mol. The van der Waals surface area contributed by atoms with E-state index in [4.69, 9.17) is 0 Å². The van der Waals surface area contributed by atoms with E-state index in [0.717, 1.165) is 64.2 Å². The molecule has 1 N–H and O–H groups in total. The third-order valence-electron chi connectivity index (χ3n) is 6.95. The van der Waals surface area contributed by atoms with Gasteiger partial charge in [0.05, 0.1) is 0 Å². The number of amides is 2. The average Bonchev–Trinajstić information content (AvgIpc) is 3.15. The summed E-state index contributed by atoms with van der Waals surface area (Å²) in [6, 6.07) is 0. The van der Waals surface area contributed by atoms with Gasteiger partial charge in [0.15, 0.2) is 0 Å². The van der Waals surface area contributed by atoms with Crippen LogP contribution >= 0.6 is 0 Å². The summed E-state index contributed by atoms with van der Waals surface area (Å²) >= 11 is 0. The van der Waals surface area contributed by atoms with Crippen molar-refractivity contribution in [2.24, 2.45) is 17.8 Å². The van der Waals surface area contributed by atoms with E-state index in [9.17, 15) is 9.59 Å². The Morgan fingerprint density at radius 1 is 1.00 bits per heavy atom. The van der Waals surface area contributed by atoms with Crippen molar-refractivity contribution in [3.05, 3.63) is 0 Å². The number of carbonyl (C=O) groups excluding carboxylic acids is 2. The van der Waals surface area contributed by atoms with Gasteiger partial charge in [0.25, 0.3) is 0 Å². The monoisotopic (exact) mass is 333 g/mol. The van der Waals surface area contributed by atoms with Crippen molar-refractivity contribution in [2.45, 2.75) is 56.9 Å². The average molecular weight is 333 g/mol. The van der Waals surface area contributed by atoms with Crippen LogP contribution in [-0.2, 0) is 9.59 Å². The van der Waals surface area contributed by atoms with Crippen LogP contribution in [0.15, 0.2) is 0 Å². The molecular weight excluding hydrogens is 302 g/mol. The summed E-state index contributed by atoms with van der Waals surface area (Å²) in [5, 5.41) is 3.25. The van der Waals surface area contributed by atoms with Gasteiger partial charge in [0.2, 0.25) is 11.8 Å². The second-order valence-corrected chi connectivity index (χ2v) is 8.57. The number of rotatable bonds is 4. The minimum absolute atomic E-state index is 0.163. The SMILES string of the molecule is CN1CCN(C(=O)C2(NC(=O)C3CC3C3CCC3)CCCC2)CC1. The molecule has 3 aliphatic carbocycles. The molecule has 2 amide bonds. The first-order chi connectivity index (χ1) is 11.6. The standard InChI is InChI=1S/C19H31N3O2/c1-21-9-11-22(12-10-21)18(24)19(7-2-3-8-19)20-17(23)16-13-15(16)14-5-4-6-14/h14-16H,2-13H2,1H3,(H,20,23). The second kappa shape index (κ2) is 6.32. The number of piperazine rings is 1. The Hall–Kier alpha value is -1.10. The molecule has 2 unspecified atom stereocenters. The van der Waals surface area contributed by atoms with Gasteiger partial charge in [-0.15, -0.1) is 0 Å². The fraction of sp³-hybridized carbons (Fsp3) is 0.895. The third kappa shape index (κ3) is 2.96. The molecule has 0 radical (unpaired) electrons. The first-order valence-corrected chi connectivity index (χ1v) is 9.89. The van der Waals surface area contributed by atoms with E-state index in [0.29, 0.717) is 5.92 Å². The molecule has 4 aliphatic rings. The smallest absolute Gasteiger partial charge is 0.248 e. The Balaban J connectivity index is 1.39. The van der Waals surface area contributed by atoms with Crippen molar-refractivity contribution in [2.75, 3.05) is 33.2 Å². The predicted octanol–water partition coefficient (Wildman–Crippen LogP) is 1.63. The van der Waals surface area contributed by atoms with E-state index in [1.807, 2.05) is 4.90 Å². The van der Waals surface area contributed by atoms with Crippen LogP contribution in [0.2, 0.25) is 0 Å². The number of nitrogens with one attached hydrogen (secondary N) is 1. The van der Waals surface area contributed by atoms with Crippen LogP contribution in [0.1, 0.15) is 51.4 Å². The number of carbonyl (C=O) groups is 2. The first-order valence-electron chi connectivity index (χ1n) is 9.89. The summed E-state index contributed by atoms with van der Waals surface area (Å²) in [4.78, 5) is 30.2. The molecule has 0 bridgehead atoms. The molecule has 2 atom stereocenters. The van der Waals surface area contributed by atoms with Gasteiger partial charge in [-0.1, -0.05) is 32.1 Å². The molecule has 5 nitrogen and oxygen atoms in total. The van der Waals surface area contributed by atoms with Gasteiger partial charge in [-0.3, -0.25) is 9.59 Å². The van der Waals surface area contributed by atoms with Crippen molar-refractivity contribution < 1.29 is 9.59 Å². The van der Waals surface area contributed by atoms with Gasteiger partial charge in [0.1, 0.15) is 5.54 Å². The van der Waals surface area contributed by atoms with Crippen LogP contribution in [0.3, 0.4) is 0 Å². The quantitative estimate of drug-likeness (QED) is 0.851. The molecule has 0 aromatic heterocycles. The van der Waals surface area contributed by atoms with Crippen LogP contribution in [0, 0.1) is 17.8 Å². The Labute approximate surface area is 145 Å². The maximum absolute atomic E-state index is 13.2. The zero-order chi connectivity index (χ0) is 16.7. The summed E-state index contributed by atoms with van der Waals surface area (Å²) in [7, 11) is 2.10. The zero-order valence-corrected chi connectivity index (χ0v) is 14.9. The van der Waals surface area contributed by atoms with Crippen molar-refractivity contribution in [1.29, 1.82) is 0 Å². The van der Waals surface area contributed by atoms with Crippen molar-refractivity contribution in [3.8, 4) is 0 Å². The van der Waals surface area contributed by atoms with E-state index >= 15 is 0 Å². The molecule has 4 rings (SSSR count). The normalized spacial score (nSPS) is 33.1. The van der Waals surface area contributed by atoms with Crippen LogP contribution in [-0.4, -0.2) is 60.4 Å². The number of hydrogen-bond donors (Lipinski definition) is 1. The molecule has 134 valence electrons. The minimum Gasteiger partial charge on any atom is -0.341 e. The van der Waals surface area contributed by atoms with Crippen LogP contribution in [0.25, 0.3) is 0 Å². The van der Waals surface area contributed by atoms with Gasteiger partial charge in [-0.2, -0.15) is 0 Å². The molecule has 24 heavy (non-hydrogen) atoms. The van der Waals surface area contributed by atoms with Gasteiger partial charge < -0.3 is 15.1 Å². The molecule has 0 aromatic carbocycles. The molecule has 0 spiro atoms. The lowest BCUT2D eigenvalue weighted by Gasteiger charge is -2.39. The van der Waals surface area contributed by atoms with Gasteiger partial charge >= 0.3 is 0 Å². The lowest BCUT2D eigenvalue weighted by Crippen LogP contribution is -2.61. The lowest BCUT2D eigenvalue weighted by atomic mass is 9.81. The van der Waals surface area contributed by atoms with Gasteiger partial charge in [-0.25, -0.2) is 0 Å². The lowest BCUT2D eigenvalue weighted by molar-refractivity contribution is -0.143. The van der Waals surface area contributed by atoms with Crippen LogP contribution < -0.4 is 5.32 Å². The molecule has 1 heterocycles. The molecule has 5 heteroatoms. The maximum atomic E-state index is 13.2. The summed E-state index contributed by atoms with van der Waals surface area (Å²) in [6.45, 7) is 3.45. The Kier molecular flexibility index (Phi) is 4.31. The summed E-state index contributed by atoms with van der Waals surface area (Å²) in [5.41, 5.74) is -0.597. The van der Waals surface area contributed by atoms with Crippen LogP contribution in [0.4, 0.5) is 0 Å². The number of nitrogens with zero attached hydrogens (tertiary/aromatic N) is 2. The summed E-state index contributed by atoms with van der Waals surface area (Å²) in [6.07, 6.45) is 8.75. The summed E-state index contributed by atoms with van der Waals surface area (Å²) < 4.78 is 0. The first kappa shape index (κ1) is 16.4. The van der Waals surface area contributed by atoms with Crippen LogP contribution in [0.5, 0.6) is 0 Å². The molecule has 3 saturated carbocycles. The fourth-order valence-corrected chi connectivity index (χ4v) is 4.92. The zero-order valence-electron chi connectivity index (χ0n) is 14.9. The highest BCUT2D eigenvalue weighted by atomic mass is 16.2. The molecule has 1 saturated heterocycles. The van der Waals surface area contributed by atoms with Crippen molar-refractivity contribution in [3.63, 3.8) is 0 Å². The summed E-state index contributed by atoms with van der Waals surface area (Å²) in [5.74, 6) is 1.93.